The smallest absolute Gasteiger partial charge is 0.276 e. The number of benzene rings is 2. The molecule has 0 atom stereocenters. The molecule has 0 radical (unpaired) electrons. The van der Waals surface area contributed by atoms with E-state index in [1.807, 2.05) is 39.0 Å². The Bertz CT molecular complexity index is 860. The minimum absolute atomic E-state index is 0.210. The number of ether oxygens (including phenoxy) is 3. The van der Waals surface area contributed by atoms with Crippen LogP contribution in [0.5, 0.6) is 17.2 Å². The lowest BCUT2D eigenvalue weighted by Crippen LogP contribution is -2.43. The molecule has 162 valence electrons. The Morgan fingerprint density at radius 2 is 1.63 bits per heavy atom. The molecule has 2 amide bonds. The first-order valence-electron chi connectivity index (χ1n) is 9.99. The molecule has 7 nitrogen and oxygen atoms in total. The number of carbonyl (C=O) groups excluding carboxylic acids is 2. The van der Waals surface area contributed by atoms with Crippen LogP contribution in [0.25, 0.3) is 0 Å². The molecule has 0 bridgehead atoms. The maximum Gasteiger partial charge on any atom is 0.276 e. The number of nitrogens with one attached hydrogen (secondary N) is 2. The summed E-state index contributed by atoms with van der Waals surface area (Å²) in [5.74, 6) is 1.16. The van der Waals surface area contributed by atoms with Crippen LogP contribution in [-0.4, -0.2) is 31.6 Å². The first-order valence-corrected chi connectivity index (χ1v) is 9.99. The Labute approximate surface area is 177 Å². The highest BCUT2D eigenvalue weighted by molar-refractivity contribution is 5.96. The van der Waals surface area contributed by atoms with E-state index in [9.17, 15) is 9.59 Å². The summed E-state index contributed by atoms with van der Waals surface area (Å²) in [5.41, 5.74) is 6.97. The Hall–Kier alpha value is -3.22. The van der Waals surface area contributed by atoms with Crippen molar-refractivity contribution in [2.75, 3.05) is 19.8 Å². The van der Waals surface area contributed by atoms with Crippen LogP contribution < -0.4 is 25.1 Å². The maximum atomic E-state index is 12.4. The summed E-state index contributed by atoms with van der Waals surface area (Å²) < 4.78 is 16.9. The summed E-state index contributed by atoms with van der Waals surface area (Å²) in [5, 5.41) is 0. The summed E-state index contributed by atoms with van der Waals surface area (Å²) in [6.07, 6.45) is 0. The van der Waals surface area contributed by atoms with Gasteiger partial charge in [-0.05, 0) is 56.0 Å². The van der Waals surface area contributed by atoms with E-state index in [4.69, 9.17) is 14.2 Å². The minimum atomic E-state index is -0.466. The van der Waals surface area contributed by atoms with Crippen LogP contribution in [0.4, 0.5) is 0 Å². The summed E-state index contributed by atoms with van der Waals surface area (Å²) in [4.78, 5) is 24.5. The van der Waals surface area contributed by atoms with E-state index in [0.29, 0.717) is 41.9 Å². The highest BCUT2D eigenvalue weighted by Gasteiger charge is 2.14. The molecule has 2 N–H and O–H groups in total. The van der Waals surface area contributed by atoms with E-state index in [2.05, 4.69) is 24.7 Å². The summed E-state index contributed by atoms with van der Waals surface area (Å²) in [6, 6.07) is 10.6. The van der Waals surface area contributed by atoms with Crippen LogP contribution in [0.3, 0.4) is 0 Å². The van der Waals surface area contributed by atoms with Gasteiger partial charge in [-0.25, -0.2) is 0 Å². The van der Waals surface area contributed by atoms with Gasteiger partial charge in [-0.1, -0.05) is 32.0 Å². The summed E-state index contributed by atoms with van der Waals surface area (Å²) in [7, 11) is 0. The van der Waals surface area contributed by atoms with Crippen molar-refractivity contribution in [2.45, 2.75) is 34.6 Å². The molecule has 0 saturated carbocycles. The molecule has 2 rings (SSSR count). The van der Waals surface area contributed by atoms with E-state index in [0.717, 1.165) is 11.1 Å². The lowest BCUT2D eigenvalue weighted by Gasteiger charge is -2.15. The van der Waals surface area contributed by atoms with Crippen molar-refractivity contribution >= 4 is 11.8 Å². The van der Waals surface area contributed by atoms with Gasteiger partial charge in [-0.15, -0.1) is 0 Å². The molecule has 0 heterocycles. The van der Waals surface area contributed by atoms with Crippen molar-refractivity contribution < 1.29 is 23.8 Å². The average molecular weight is 415 g/mol. The molecule has 7 heteroatoms. The molecular weight excluding hydrogens is 384 g/mol. The van der Waals surface area contributed by atoms with Crippen molar-refractivity contribution in [1.29, 1.82) is 0 Å². The van der Waals surface area contributed by atoms with E-state index < -0.39 is 11.8 Å². The normalized spacial score (nSPS) is 10.5. The fourth-order valence-electron chi connectivity index (χ4n) is 2.69. The lowest BCUT2D eigenvalue weighted by molar-refractivity contribution is -0.123. The number of hydrogen-bond donors (Lipinski definition) is 2. The molecule has 0 aliphatic rings. The number of hydrogen-bond acceptors (Lipinski definition) is 5. The lowest BCUT2D eigenvalue weighted by atomic mass is 10.1. The first kappa shape index (κ1) is 23.1. The van der Waals surface area contributed by atoms with E-state index in [1.165, 1.54) is 0 Å². The van der Waals surface area contributed by atoms with Gasteiger partial charge in [0.2, 0.25) is 0 Å². The monoisotopic (exact) mass is 414 g/mol. The van der Waals surface area contributed by atoms with Crippen molar-refractivity contribution in [3.63, 3.8) is 0 Å². The second-order valence-electron chi connectivity index (χ2n) is 7.31. The molecule has 2 aromatic carbocycles. The third kappa shape index (κ3) is 6.69. The van der Waals surface area contributed by atoms with Gasteiger partial charge in [0.1, 0.15) is 5.75 Å². The van der Waals surface area contributed by atoms with Crippen LogP contribution in [0.2, 0.25) is 0 Å². The van der Waals surface area contributed by atoms with E-state index in [1.54, 1.807) is 18.2 Å². The van der Waals surface area contributed by atoms with Crippen molar-refractivity contribution in [1.82, 2.24) is 10.9 Å². The molecule has 0 aliphatic carbocycles. The van der Waals surface area contributed by atoms with Crippen LogP contribution in [-0.2, 0) is 4.79 Å². The zero-order chi connectivity index (χ0) is 22.1. The van der Waals surface area contributed by atoms with E-state index >= 15 is 0 Å². The number of amides is 2. The van der Waals surface area contributed by atoms with Crippen molar-refractivity contribution in [2.24, 2.45) is 5.92 Å². The zero-order valence-corrected chi connectivity index (χ0v) is 18.2. The zero-order valence-electron chi connectivity index (χ0n) is 18.2. The molecular formula is C23H30N2O5. The van der Waals surface area contributed by atoms with Crippen LogP contribution >= 0.6 is 0 Å². The summed E-state index contributed by atoms with van der Waals surface area (Å²) in [6.45, 7) is 10.5. The predicted octanol–water partition coefficient (Wildman–Crippen LogP) is 3.58. The van der Waals surface area contributed by atoms with Crippen LogP contribution in [0, 0.1) is 19.8 Å². The van der Waals surface area contributed by atoms with Gasteiger partial charge in [-0.2, -0.15) is 0 Å². The Kier molecular flexibility index (Phi) is 8.53. The highest BCUT2D eigenvalue weighted by Crippen LogP contribution is 2.29. The van der Waals surface area contributed by atoms with Gasteiger partial charge in [0.25, 0.3) is 11.8 Å². The van der Waals surface area contributed by atoms with Gasteiger partial charge in [0.15, 0.2) is 18.1 Å². The molecule has 2 aromatic rings. The Morgan fingerprint density at radius 3 is 2.27 bits per heavy atom. The first-order chi connectivity index (χ1) is 14.3. The van der Waals surface area contributed by atoms with Crippen molar-refractivity contribution in [3.05, 3.63) is 53.1 Å². The SMILES string of the molecule is CCOc1cc(C(=O)NNC(=O)COc2c(C)cccc2C)ccc1OCC(C)C. The molecule has 0 saturated heterocycles. The predicted molar refractivity (Wildman–Crippen MR) is 115 cm³/mol. The van der Waals surface area contributed by atoms with Gasteiger partial charge in [0.05, 0.1) is 13.2 Å². The molecule has 0 fully saturated rings. The second-order valence-corrected chi connectivity index (χ2v) is 7.31. The third-order valence-electron chi connectivity index (χ3n) is 4.15. The Morgan fingerprint density at radius 1 is 0.933 bits per heavy atom. The highest BCUT2D eigenvalue weighted by atomic mass is 16.5. The molecule has 0 spiro atoms. The average Bonchev–Trinajstić information content (AvgIpc) is 2.70. The van der Waals surface area contributed by atoms with E-state index in [-0.39, 0.29) is 6.61 Å². The van der Waals surface area contributed by atoms with Gasteiger partial charge >= 0.3 is 0 Å². The van der Waals surface area contributed by atoms with Crippen LogP contribution in [0.1, 0.15) is 42.3 Å². The molecule has 0 unspecified atom stereocenters. The Balaban J connectivity index is 1.93. The molecule has 0 aromatic heterocycles. The second kappa shape index (κ2) is 11.1. The van der Waals surface area contributed by atoms with Crippen LogP contribution in [0.15, 0.2) is 36.4 Å². The number of carbonyl (C=O) groups is 2. The van der Waals surface area contributed by atoms with Crippen molar-refractivity contribution in [3.8, 4) is 17.2 Å². The fourth-order valence-corrected chi connectivity index (χ4v) is 2.69. The minimum Gasteiger partial charge on any atom is -0.490 e. The van der Waals surface area contributed by atoms with Gasteiger partial charge in [-0.3, -0.25) is 20.4 Å². The fraction of sp³-hybridized carbons (Fsp3) is 0.391. The largest absolute Gasteiger partial charge is 0.490 e. The number of rotatable bonds is 9. The van der Waals surface area contributed by atoms with Gasteiger partial charge in [0, 0.05) is 5.56 Å². The topological polar surface area (TPSA) is 85.9 Å². The maximum absolute atomic E-state index is 12.4. The van der Waals surface area contributed by atoms with Gasteiger partial charge < -0.3 is 14.2 Å². The standard InChI is InChI=1S/C23H30N2O5/c1-6-28-20-12-18(10-11-19(20)29-13-15(2)3)23(27)25-24-21(26)14-30-22-16(4)8-7-9-17(22)5/h7-12,15H,6,13-14H2,1-5H3,(H,24,26)(H,25,27). The molecule has 0 aliphatic heterocycles. The third-order valence-corrected chi connectivity index (χ3v) is 4.15. The number of aryl methyl sites for hydroxylation is 2. The molecule has 30 heavy (non-hydrogen) atoms. The quantitative estimate of drug-likeness (QED) is 0.613. The number of hydrazine groups is 1. The summed E-state index contributed by atoms with van der Waals surface area (Å²) >= 11 is 0. The number of para-hydroxylation sites is 1.